The molecule has 1 atom stereocenters. The lowest BCUT2D eigenvalue weighted by Crippen LogP contribution is -2.07. The standard InChI is InChI=1S/C10H16FN3/c11-8(5-6-12)10-7-3-1-2-4-9(7)13-14-10/h8H,1-6,12H2,(H,13,14). The molecule has 1 aromatic rings. The predicted molar refractivity (Wildman–Crippen MR) is 52.8 cm³/mol. The maximum atomic E-state index is 13.6. The summed E-state index contributed by atoms with van der Waals surface area (Å²) in [5.41, 5.74) is 8.17. The highest BCUT2D eigenvalue weighted by Gasteiger charge is 2.22. The van der Waals surface area contributed by atoms with E-state index < -0.39 is 6.17 Å². The molecular weight excluding hydrogens is 181 g/mol. The Labute approximate surface area is 82.9 Å². The van der Waals surface area contributed by atoms with Crippen molar-refractivity contribution in [2.75, 3.05) is 6.54 Å². The molecule has 1 heterocycles. The SMILES string of the molecule is NCCC(F)c1n[nH]c2c1CCCC2. The minimum atomic E-state index is -0.988. The number of H-pyrrole nitrogens is 1. The second-order valence-corrected chi connectivity index (χ2v) is 3.82. The Bertz CT molecular complexity index is 308. The molecule has 1 unspecified atom stereocenters. The summed E-state index contributed by atoms with van der Waals surface area (Å²) in [6.45, 7) is 0.378. The summed E-state index contributed by atoms with van der Waals surface area (Å²) in [5.74, 6) is 0. The van der Waals surface area contributed by atoms with Crippen LogP contribution in [0.15, 0.2) is 0 Å². The number of fused-ring (bicyclic) bond motifs is 1. The number of nitrogens with zero attached hydrogens (tertiary/aromatic N) is 1. The first-order valence-electron chi connectivity index (χ1n) is 5.23. The summed E-state index contributed by atoms with van der Waals surface area (Å²) in [5, 5.41) is 7.00. The first-order valence-corrected chi connectivity index (χ1v) is 5.23. The van der Waals surface area contributed by atoms with E-state index in [4.69, 9.17) is 5.73 Å². The minimum absolute atomic E-state index is 0.372. The van der Waals surface area contributed by atoms with Crippen molar-refractivity contribution in [2.24, 2.45) is 5.73 Å². The lowest BCUT2D eigenvalue weighted by Gasteiger charge is -2.12. The van der Waals surface area contributed by atoms with E-state index >= 15 is 0 Å². The quantitative estimate of drug-likeness (QED) is 0.774. The molecule has 0 aliphatic heterocycles. The second kappa shape index (κ2) is 4.09. The molecule has 0 spiro atoms. The Morgan fingerprint density at radius 3 is 3.00 bits per heavy atom. The van der Waals surface area contributed by atoms with Gasteiger partial charge >= 0.3 is 0 Å². The fraction of sp³-hybridized carbons (Fsp3) is 0.700. The van der Waals surface area contributed by atoms with Crippen LogP contribution in [0.2, 0.25) is 0 Å². The first kappa shape index (κ1) is 9.65. The van der Waals surface area contributed by atoms with Gasteiger partial charge in [-0.3, -0.25) is 5.10 Å². The smallest absolute Gasteiger partial charge is 0.145 e. The van der Waals surface area contributed by atoms with Crippen LogP contribution < -0.4 is 5.73 Å². The highest BCUT2D eigenvalue weighted by atomic mass is 19.1. The molecule has 0 fully saturated rings. The van der Waals surface area contributed by atoms with Crippen LogP contribution in [0.25, 0.3) is 0 Å². The van der Waals surface area contributed by atoms with Crippen molar-refractivity contribution in [3.63, 3.8) is 0 Å². The number of nitrogens with two attached hydrogens (primary N) is 1. The number of aromatic amines is 1. The number of hydrogen-bond donors (Lipinski definition) is 2. The van der Waals surface area contributed by atoms with E-state index in [1.165, 1.54) is 6.42 Å². The van der Waals surface area contributed by atoms with E-state index in [0.29, 0.717) is 18.7 Å². The van der Waals surface area contributed by atoms with Gasteiger partial charge in [0, 0.05) is 5.69 Å². The summed E-state index contributed by atoms with van der Waals surface area (Å²) < 4.78 is 13.6. The minimum Gasteiger partial charge on any atom is -0.330 e. The zero-order chi connectivity index (χ0) is 9.97. The molecule has 0 radical (unpaired) electrons. The van der Waals surface area contributed by atoms with E-state index in [0.717, 1.165) is 30.5 Å². The van der Waals surface area contributed by atoms with Gasteiger partial charge < -0.3 is 5.73 Å². The zero-order valence-electron chi connectivity index (χ0n) is 8.22. The lowest BCUT2D eigenvalue weighted by atomic mass is 9.94. The molecule has 1 aliphatic rings. The summed E-state index contributed by atoms with van der Waals surface area (Å²) in [7, 11) is 0. The van der Waals surface area contributed by atoms with Gasteiger partial charge in [-0.05, 0) is 44.2 Å². The van der Waals surface area contributed by atoms with Crippen LogP contribution in [-0.2, 0) is 12.8 Å². The molecule has 0 saturated carbocycles. The fourth-order valence-electron chi connectivity index (χ4n) is 2.05. The van der Waals surface area contributed by atoms with E-state index in [1.54, 1.807) is 0 Å². The topological polar surface area (TPSA) is 54.7 Å². The third-order valence-corrected chi connectivity index (χ3v) is 2.81. The van der Waals surface area contributed by atoms with Gasteiger partial charge in [-0.25, -0.2) is 4.39 Å². The van der Waals surface area contributed by atoms with Crippen LogP contribution in [0.4, 0.5) is 4.39 Å². The molecular formula is C10H16FN3. The Hall–Kier alpha value is -0.900. The van der Waals surface area contributed by atoms with Crippen LogP contribution in [0.3, 0.4) is 0 Å². The lowest BCUT2D eigenvalue weighted by molar-refractivity contribution is 0.317. The van der Waals surface area contributed by atoms with Crippen molar-refractivity contribution in [3.8, 4) is 0 Å². The molecule has 0 saturated heterocycles. The highest BCUT2D eigenvalue weighted by Crippen LogP contribution is 2.29. The van der Waals surface area contributed by atoms with Crippen molar-refractivity contribution in [3.05, 3.63) is 17.0 Å². The Balaban J connectivity index is 2.21. The van der Waals surface area contributed by atoms with Crippen LogP contribution in [0.5, 0.6) is 0 Å². The second-order valence-electron chi connectivity index (χ2n) is 3.82. The molecule has 0 bridgehead atoms. The molecule has 0 aromatic carbocycles. The Morgan fingerprint density at radius 2 is 2.21 bits per heavy atom. The van der Waals surface area contributed by atoms with Gasteiger partial charge in [0.05, 0.1) is 5.69 Å². The maximum absolute atomic E-state index is 13.6. The highest BCUT2D eigenvalue weighted by molar-refractivity contribution is 5.29. The van der Waals surface area contributed by atoms with Gasteiger partial charge in [0.25, 0.3) is 0 Å². The van der Waals surface area contributed by atoms with E-state index in [1.807, 2.05) is 0 Å². The number of nitrogens with one attached hydrogen (secondary N) is 1. The molecule has 1 aromatic heterocycles. The molecule has 3 N–H and O–H groups in total. The maximum Gasteiger partial charge on any atom is 0.145 e. The van der Waals surface area contributed by atoms with Crippen LogP contribution in [0.1, 0.15) is 42.4 Å². The molecule has 0 amide bonds. The largest absolute Gasteiger partial charge is 0.330 e. The van der Waals surface area contributed by atoms with E-state index in [2.05, 4.69) is 10.2 Å². The van der Waals surface area contributed by atoms with E-state index in [9.17, 15) is 4.39 Å². The third kappa shape index (κ3) is 1.66. The van der Waals surface area contributed by atoms with Crippen molar-refractivity contribution >= 4 is 0 Å². The van der Waals surface area contributed by atoms with Crippen LogP contribution in [0, 0.1) is 0 Å². The number of aryl methyl sites for hydroxylation is 1. The monoisotopic (exact) mass is 197 g/mol. The molecule has 78 valence electrons. The van der Waals surface area contributed by atoms with Gasteiger partial charge in [-0.1, -0.05) is 0 Å². The van der Waals surface area contributed by atoms with Crippen molar-refractivity contribution in [1.82, 2.24) is 10.2 Å². The molecule has 1 aliphatic carbocycles. The van der Waals surface area contributed by atoms with Gasteiger partial charge in [0.1, 0.15) is 6.17 Å². The zero-order valence-corrected chi connectivity index (χ0v) is 8.22. The summed E-state index contributed by atoms with van der Waals surface area (Å²) in [6.07, 6.45) is 3.69. The van der Waals surface area contributed by atoms with Gasteiger partial charge in [-0.15, -0.1) is 0 Å². The van der Waals surface area contributed by atoms with E-state index in [-0.39, 0.29) is 0 Å². The average molecular weight is 197 g/mol. The van der Waals surface area contributed by atoms with Crippen molar-refractivity contribution in [1.29, 1.82) is 0 Å². The van der Waals surface area contributed by atoms with Crippen LogP contribution in [-0.4, -0.2) is 16.7 Å². The predicted octanol–water partition coefficient (Wildman–Crippen LogP) is 1.65. The third-order valence-electron chi connectivity index (χ3n) is 2.81. The van der Waals surface area contributed by atoms with Crippen molar-refractivity contribution < 1.29 is 4.39 Å². The summed E-state index contributed by atoms with van der Waals surface area (Å²) >= 11 is 0. The van der Waals surface area contributed by atoms with Crippen LogP contribution >= 0.6 is 0 Å². The Morgan fingerprint density at radius 1 is 1.43 bits per heavy atom. The summed E-state index contributed by atoms with van der Waals surface area (Å²) in [4.78, 5) is 0. The number of alkyl halides is 1. The first-order chi connectivity index (χ1) is 6.83. The molecule has 14 heavy (non-hydrogen) atoms. The number of aromatic nitrogens is 2. The average Bonchev–Trinajstić information content (AvgIpc) is 2.61. The fourth-order valence-corrected chi connectivity index (χ4v) is 2.05. The molecule has 3 nitrogen and oxygen atoms in total. The van der Waals surface area contributed by atoms with Gasteiger partial charge in [0.2, 0.25) is 0 Å². The van der Waals surface area contributed by atoms with Crippen molar-refractivity contribution in [2.45, 2.75) is 38.3 Å². The molecule has 2 rings (SSSR count). The van der Waals surface area contributed by atoms with Gasteiger partial charge in [-0.2, -0.15) is 5.10 Å². The molecule has 4 heteroatoms. The normalized spacial score (nSPS) is 17.9. The Kier molecular flexibility index (Phi) is 2.82. The summed E-state index contributed by atoms with van der Waals surface area (Å²) in [6, 6.07) is 0. The number of hydrogen-bond acceptors (Lipinski definition) is 2. The number of rotatable bonds is 3. The number of halogens is 1. The van der Waals surface area contributed by atoms with Gasteiger partial charge in [0.15, 0.2) is 0 Å².